The molecule has 0 amide bonds. The van der Waals surface area contributed by atoms with Crippen LogP contribution in [0.4, 0.5) is 5.82 Å². The maximum absolute atomic E-state index is 5.48. The Morgan fingerprint density at radius 3 is 3.12 bits per heavy atom. The van der Waals surface area contributed by atoms with Crippen molar-refractivity contribution in [2.45, 2.75) is 0 Å². The number of aromatic amines is 1. The lowest BCUT2D eigenvalue weighted by atomic mass is 10.5. The molecule has 0 bridgehead atoms. The van der Waals surface area contributed by atoms with E-state index in [0.717, 1.165) is 11.3 Å². The van der Waals surface area contributed by atoms with Gasteiger partial charge in [-0.2, -0.15) is 0 Å². The highest BCUT2D eigenvalue weighted by Crippen LogP contribution is 2.13. The first-order valence-corrected chi connectivity index (χ1v) is 5.47. The Morgan fingerprint density at radius 2 is 2.25 bits per heavy atom. The second kappa shape index (κ2) is 5.62. The molecule has 0 aromatic carbocycles. The minimum Gasteiger partial charge on any atom is -0.378 e. The van der Waals surface area contributed by atoms with E-state index >= 15 is 0 Å². The number of imidazole rings is 1. The number of hydrogen-bond donors (Lipinski definition) is 2. The van der Waals surface area contributed by atoms with E-state index in [0.29, 0.717) is 31.3 Å². The molecule has 2 rings (SSSR count). The zero-order valence-electron chi connectivity index (χ0n) is 8.61. The van der Waals surface area contributed by atoms with E-state index < -0.39 is 0 Å². The molecule has 16 heavy (non-hydrogen) atoms. The van der Waals surface area contributed by atoms with Crippen LogP contribution in [0.15, 0.2) is 12.7 Å². The molecule has 0 aliphatic rings. The van der Waals surface area contributed by atoms with Crippen molar-refractivity contribution in [3.8, 4) is 0 Å². The zero-order chi connectivity index (χ0) is 11.2. The van der Waals surface area contributed by atoms with Gasteiger partial charge in [0.2, 0.25) is 0 Å². The van der Waals surface area contributed by atoms with Gasteiger partial charge in [-0.3, -0.25) is 0 Å². The average molecular weight is 242 g/mol. The number of halogens is 1. The summed E-state index contributed by atoms with van der Waals surface area (Å²) in [5.74, 6) is 1.25. The fourth-order valence-electron chi connectivity index (χ4n) is 1.30. The Labute approximate surface area is 97.4 Å². The lowest BCUT2D eigenvalue weighted by Gasteiger charge is -2.05. The molecule has 7 heteroatoms. The molecular formula is C9H12ClN5O. The van der Waals surface area contributed by atoms with Crippen molar-refractivity contribution in [3.05, 3.63) is 12.7 Å². The molecule has 0 saturated heterocycles. The number of ether oxygens (including phenoxy) is 1. The van der Waals surface area contributed by atoms with Gasteiger partial charge < -0.3 is 15.0 Å². The van der Waals surface area contributed by atoms with Crippen molar-refractivity contribution in [3.63, 3.8) is 0 Å². The zero-order valence-corrected chi connectivity index (χ0v) is 9.37. The van der Waals surface area contributed by atoms with Crippen LogP contribution in [0.1, 0.15) is 0 Å². The van der Waals surface area contributed by atoms with E-state index in [1.165, 1.54) is 6.33 Å². The second-order valence-corrected chi connectivity index (χ2v) is 3.43. The molecule has 0 saturated carbocycles. The number of H-pyrrole nitrogens is 1. The van der Waals surface area contributed by atoms with Crippen LogP contribution in [0.25, 0.3) is 11.2 Å². The van der Waals surface area contributed by atoms with E-state index in [9.17, 15) is 0 Å². The Hall–Kier alpha value is -1.40. The van der Waals surface area contributed by atoms with E-state index in [2.05, 4.69) is 25.3 Å². The molecule has 6 nitrogen and oxygen atoms in total. The van der Waals surface area contributed by atoms with Crippen LogP contribution in [0, 0.1) is 0 Å². The van der Waals surface area contributed by atoms with Crippen LogP contribution in [0.2, 0.25) is 0 Å². The highest BCUT2D eigenvalue weighted by molar-refractivity contribution is 6.17. The van der Waals surface area contributed by atoms with Crippen LogP contribution in [0.5, 0.6) is 0 Å². The second-order valence-electron chi connectivity index (χ2n) is 3.05. The van der Waals surface area contributed by atoms with Gasteiger partial charge in [0, 0.05) is 12.4 Å². The number of rotatable bonds is 6. The molecule has 86 valence electrons. The van der Waals surface area contributed by atoms with E-state index in [1.54, 1.807) is 6.33 Å². The molecule has 2 aromatic rings. The summed E-state index contributed by atoms with van der Waals surface area (Å²) in [7, 11) is 0. The Kier molecular flexibility index (Phi) is 3.90. The topological polar surface area (TPSA) is 75.7 Å². The lowest BCUT2D eigenvalue weighted by molar-refractivity contribution is 0.160. The van der Waals surface area contributed by atoms with Crippen LogP contribution in [-0.4, -0.2) is 45.6 Å². The van der Waals surface area contributed by atoms with Crippen molar-refractivity contribution < 1.29 is 4.74 Å². The van der Waals surface area contributed by atoms with Gasteiger partial charge in [0.25, 0.3) is 0 Å². The van der Waals surface area contributed by atoms with Crippen molar-refractivity contribution in [2.75, 3.05) is 31.0 Å². The molecule has 0 aliphatic carbocycles. The third kappa shape index (κ3) is 2.59. The molecule has 2 aromatic heterocycles. The summed E-state index contributed by atoms with van der Waals surface area (Å²) in [5.41, 5.74) is 1.46. The molecule has 0 atom stereocenters. The van der Waals surface area contributed by atoms with E-state index in [1.807, 2.05) is 0 Å². The molecular weight excluding hydrogens is 230 g/mol. The number of nitrogens with zero attached hydrogens (tertiary/aromatic N) is 3. The fourth-order valence-corrected chi connectivity index (χ4v) is 1.41. The van der Waals surface area contributed by atoms with Gasteiger partial charge >= 0.3 is 0 Å². The number of aromatic nitrogens is 4. The molecule has 0 spiro atoms. The van der Waals surface area contributed by atoms with Gasteiger partial charge in [0.15, 0.2) is 11.5 Å². The number of fused-ring (bicyclic) bond motifs is 1. The van der Waals surface area contributed by atoms with Gasteiger partial charge in [-0.15, -0.1) is 11.6 Å². The van der Waals surface area contributed by atoms with Crippen molar-refractivity contribution in [1.29, 1.82) is 0 Å². The minimum absolute atomic E-state index is 0.512. The quantitative estimate of drug-likeness (QED) is 0.583. The van der Waals surface area contributed by atoms with Gasteiger partial charge in [0.1, 0.15) is 11.8 Å². The number of hydrogen-bond acceptors (Lipinski definition) is 5. The summed E-state index contributed by atoms with van der Waals surface area (Å²) >= 11 is 5.48. The predicted molar refractivity (Wildman–Crippen MR) is 61.7 cm³/mol. The van der Waals surface area contributed by atoms with E-state index in [-0.39, 0.29) is 0 Å². The highest BCUT2D eigenvalue weighted by atomic mass is 35.5. The standard InChI is InChI=1S/C9H12ClN5O/c10-1-3-16-4-2-11-8-7-9(13-5-12-7)15-6-14-8/h5-6H,1-4H2,(H2,11,12,13,14,15). The monoisotopic (exact) mass is 241 g/mol. The maximum atomic E-state index is 5.48. The van der Waals surface area contributed by atoms with Gasteiger partial charge in [-0.25, -0.2) is 15.0 Å². The Bertz CT molecular complexity index is 446. The molecule has 0 radical (unpaired) electrons. The first-order chi connectivity index (χ1) is 7.92. The Morgan fingerprint density at radius 1 is 1.31 bits per heavy atom. The summed E-state index contributed by atoms with van der Waals surface area (Å²) in [6.07, 6.45) is 3.07. The number of alkyl halides is 1. The maximum Gasteiger partial charge on any atom is 0.182 e. The molecule has 0 aliphatic heterocycles. The highest BCUT2D eigenvalue weighted by Gasteiger charge is 2.03. The first-order valence-electron chi connectivity index (χ1n) is 4.93. The van der Waals surface area contributed by atoms with Crippen LogP contribution < -0.4 is 5.32 Å². The summed E-state index contributed by atoms with van der Waals surface area (Å²) in [6, 6.07) is 0. The SMILES string of the molecule is ClCCOCCNc1ncnc2nc[nH]c12. The molecule has 0 unspecified atom stereocenters. The fraction of sp³-hybridized carbons (Fsp3) is 0.444. The third-order valence-corrected chi connectivity index (χ3v) is 2.14. The normalized spacial score (nSPS) is 10.8. The first kappa shape index (κ1) is 11.1. The summed E-state index contributed by atoms with van der Waals surface area (Å²) < 4.78 is 5.23. The van der Waals surface area contributed by atoms with Crippen molar-refractivity contribution in [2.24, 2.45) is 0 Å². The molecule has 0 fully saturated rings. The van der Waals surface area contributed by atoms with Crippen molar-refractivity contribution >= 4 is 28.6 Å². The van der Waals surface area contributed by atoms with Gasteiger partial charge in [-0.05, 0) is 0 Å². The van der Waals surface area contributed by atoms with Crippen LogP contribution in [-0.2, 0) is 4.74 Å². The van der Waals surface area contributed by atoms with Crippen LogP contribution >= 0.6 is 11.6 Å². The summed E-state index contributed by atoms with van der Waals surface area (Å²) in [4.78, 5) is 15.2. The van der Waals surface area contributed by atoms with Crippen LogP contribution in [0.3, 0.4) is 0 Å². The van der Waals surface area contributed by atoms with E-state index in [4.69, 9.17) is 16.3 Å². The Balaban J connectivity index is 1.91. The van der Waals surface area contributed by atoms with Gasteiger partial charge in [-0.1, -0.05) is 0 Å². The molecule has 2 N–H and O–H groups in total. The average Bonchev–Trinajstić information content (AvgIpc) is 2.77. The predicted octanol–water partition coefficient (Wildman–Crippen LogP) is 1.02. The van der Waals surface area contributed by atoms with Gasteiger partial charge in [0.05, 0.1) is 19.5 Å². The number of nitrogens with one attached hydrogen (secondary N) is 2. The van der Waals surface area contributed by atoms with Crippen molar-refractivity contribution in [1.82, 2.24) is 19.9 Å². The smallest absolute Gasteiger partial charge is 0.182 e. The molecule has 2 heterocycles. The lowest BCUT2D eigenvalue weighted by Crippen LogP contribution is -2.11. The minimum atomic E-state index is 0.512. The summed E-state index contributed by atoms with van der Waals surface area (Å²) in [5, 5.41) is 3.14. The summed E-state index contributed by atoms with van der Waals surface area (Å²) in [6.45, 7) is 1.82. The third-order valence-electron chi connectivity index (χ3n) is 1.98. The largest absolute Gasteiger partial charge is 0.378 e. The number of anilines is 1.